The molecule has 70 valence electrons. The van der Waals surface area contributed by atoms with Gasteiger partial charge in [0.2, 0.25) is 0 Å². The fraction of sp³-hybridized carbons (Fsp3) is 0.167. The van der Waals surface area contributed by atoms with E-state index in [0.29, 0.717) is 0 Å². The van der Waals surface area contributed by atoms with E-state index in [-0.39, 0.29) is 6.10 Å². The number of ether oxygens (including phenoxy) is 1. The summed E-state index contributed by atoms with van der Waals surface area (Å²) < 4.78 is 11.1. The molecule has 1 aliphatic rings. The van der Waals surface area contributed by atoms with Crippen molar-refractivity contribution in [3.05, 3.63) is 48.4 Å². The van der Waals surface area contributed by atoms with E-state index >= 15 is 0 Å². The Labute approximate surface area is 81.8 Å². The third-order valence-electron chi connectivity index (χ3n) is 2.45. The molecule has 1 aromatic heterocycles. The summed E-state index contributed by atoms with van der Waals surface area (Å²) in [7, 11) is 0. The molecule has 0 radical (unpaired) electrons. The third-order valence-corrected chi connectivity index (χ3v) is 2.45. The molecule has 0 amide bonds. The minimum Gasteiger partial charge on any atom is -0.490 e. The first-order valence-electron chi connectivity index (χ1n) is 4.72. The zero-order valence-corrected chi connectivity index (χ0v) is 7.64. The van der Waals surface area contributed by atoms with Crippen LogP contribution in [0.25, 0.3) is 11.0 Å². The van der Waals surface area contributed by atoms with Gasteiger partial charge in [-0.25, -0.2) is 0 Å². The van der Waals surface area contributed by atoms with Gasteiger partial charge in [0.15, 0.2) is 6.10 Å². The van der Waals surface area contributed by atoms with Crippen molar-refractivity contribution < 1.29 is 9.15 Å². The Morgan fingerprint density at radius 3 is 2.93 bits per heavy atom. The lowest BCUT2D eigenvalue weighted by Crippen LogP contribution is -1.91. The number of hydrogen-bond acceptors (Lipinski definition) is 2. The monoisotopic (exact) mass is 186 g/mol. The van der Waals surface area contributed by atoms with Gasteiger partial charge in [0.1, 0.15) is 11.3 Å². The van der Waals surface area contributed by atoms with E-state index < -0.39 is 0 Å². The lowest BCUT2D eigenvalue weighted by Gasteiger charge is -2.04. The number of para-hydroxylation sites is 1. The van der Waals surface area contributed by atoms with E-state index in [2.05, 4.69) is 0 Å². The number of furan rings is 1. The Morgan fingerprint density at radius 1 is 1.21 bits per heavy atom. The summed E-state index contributed by atoms with van der Waals surface area (Å²) in [4.78, 5) is 0. The maximum atomic E-state index is 5.69. The van der Waals surface area contributed by atoms with Crippen LogP contribution < -0.4 is 0 Å². The molecule has 0 aliphatic carbocycles. The van der Waals surface area contributed by atoms with Crippen LogP contribution in [-0.2, 0) is 4.74 Å². The van der Waals surface area contributed by atoms with Crippen LogP contribution >= 0.6 is 0 Å². The molecule has 3 rings (SSSR count). The van der Waals surface area contributed by atoms with Gasteiger partial charge in [0.25, 0.3) is 0 Å². The SMILES string of the molecule is C1=COC(c2cc3ccccc3o2)C1. The Kier molecular flexibility index (Phi) is 1.60. The first kappa shape index (κ1) is 7.68. The molecule has 0 spiro atoms. The lowest BCUT2D eigenvalue weighted by molar-refractivity contribution is 0.150. The molecule has 2 aromatic rings. The van der Waals surface area contributed by atoms with Gasteiger partial charge in [0.05, 0.1) is 6.26 Å². The predicted molar refractivity (Wildman–Crippen MR) is 53.8 cm³/mol. The molecular formula is C12H10O2. The Bertz CT molecular complexity index is 441. The molecule has 14 heavy (non-hydrogen) atoms. The molecule has 0 saturated heterocycles. The van der Waals surface area contributed by atoms with Crippen LogP contribution in [0, 0.1) is 0 Å². The molecule has 0 saturated carbocycles. The molecule has 2 nitrogen and oxygen atoms in total. The molecular weight excluding hydrogens is 176 g/mol. The minimum atomic E-state index is 0.0717. The Morgan fingerprint density at radius 2 is 2.14 bits per heavy atom. The van der Waals surface area contributed by atoms with Crippen molar-refractivity contribution >= 4 is 11.0 Å². The van der Waals surface area contributed by atoms with Gasteiger partial charge < -0.3 is 9.15 Å². The van der Waals surface area contributed by atoms with Crippen LogP contribution in [0.15, 0.2) is 47.1 Å². The van der Waals surface area contributed by atoms with Crippen LogP contribution in [-0.4, -0.2) is 0 Å². The summed E-state index contributed by atoms with van der Waals surface area (Å²) in [6, 6.07) is 10.1. The number of rotatable bonds is 1. The van der Waals surface area contributed by atoms with Crippen molar-refractivity contribution in [3.8, 4) is 0 Å². The second kappa shape index (κ2) is 2.91. The highest BCUT2D eigenvalue weighted by molar-refractivity contribution is 5.77. The van der Waals surface area contributed by atoms with Crippen molar-refractivity contribution in [3.63, 3.8) is 0 Å². The summed E-state index contributed by atoms with van der Waals surface area (Å²) in [5, 5.41) is 1.14. The van der Waals surface area contributed by atoms with Crippen LogP contribution in [0.3, 0.4) is 0 Å². The zero-order valence-electron chi connectivity index (χ0n) is 7.64. The van der Waals surface area contributed by atoms with Gasteiger partial charge in [0, 0.05) is 11.8 Å². The lowest BCUT2D eigenvalue weighted by atomic mass is 10.2. The van der Waals surface area contributed by atoms with E-state index in [0.717, 1.165) is 23.2 Å². The molecule has 1 atom stereocenters. The summed E-state index contributed by atoms with van der Waals surface area (Å²) in [5.74, 6) is 0.913. The Hall–Kier alpha value is -1.70. The summed E-state index contributed by atoms with van der Waals surface area (Å²) >= 11 is 0. The van der Waals surface area contributed by atoms with Crippen molar-refractivity contribution in [2.24, 2.45) is 0 Å². The highest BCUT2D eigenvalue weighted by Gasteiger charge is 2.18. The van der Waals surface area contributed by atoms with Crippen LogP contribution in [0.2, 0.25) is 0 Å². The fourth-order valence-electron chi connectivity index (χ4n) is 1.73. The zero-order chi connectivity index (χ0) is 9.38. The quantitative estimate of drug-likeness (QED) is 0.681. The van der Waals surface area contributed by atoms with E-state index in [1.165, 1.54) is 0 Å². The number of benzene rings is 1. The summed E-state index contributed by atoms with van der Waals surface area (Å²) in [6.45, 7) is 0. The average molecular weight is 186 g/mol. The first-order valence-corrected chi connectivity index (χ1v) is 4.72. The van der Waals surface area contributed by atoms with Gasteiger partial charge in [-0.1, -0.05) is 18.2 Å². The van der Waals surface area contributed by atoms with Gasteiger partial charge in [-0.05, 0) is 18.2 Å². The third kappa shape index (κ3) is 1.11. The van der Waals surface area contributed by atoms with Crippen LogP contribution in [0.1, 0.15) is 18.3 Å². The van der Waals surface area contributed by atoms with E-state index in [1.807, 2.05) is 36.4 Å². The fourth-order valence-corrected chi connectivity index (χ4v) is 1.73. The van der Waals surface area contributed by atoms with Crippen molar-refractivity contribution in [1.29, 1.82) is 0 Å². The number of hydrogen-bond donors (Lipinski definition) is 0. The van der Waals surface area contributed by atoms with Gasteiger partial charge in [-0.3, -0.25) is 0 Å². The molecule has 0 N–H and O–H groups in total. The smallest absolute Gasteiger partial charge is 0.159 e. The van der Waals surface area contributed by atoms with Crippen LogP contribution in [0.4, 0.5) is 0 Å². The summed E-state index contributed by atoms with van der Waals surface area (Å²) in [5.41, 5.74) is 0.929. The molecule has 1 aromatic carbocycles. The average Bonchev–Trinajstić information content (AvgIpc) is 2.86. The molecule has 0 bridgehead atoms. The maximum Gasteiger partial charge on any atom is 0.159 e. The summed E-state index contributed by atoms with van der Waals surface area (Å²) in [6.07, 6.45) is 4.72. The van der Waals surface area contributed by atoms with E-state index in [1.54, 1.807) is 6.26 Å². The van der Waals surface area contributed by atoms with Crippen molar-refractivity contribution in [2.75, 3.05) is 0 Å². The Balaban J connectivity index is 2.05. The number of fused-ring (bicyclic) bond motifs is 1. The molecule has 2 heterocycles. The van der Waals surface area contributed by atoms with E-state index in [9.17, 15) is 0 Å². The first-order chi connectivity index (χ1) is 6.93. The highest BCUT2D eigenvalue weighted by atomic mass is 16.5. The largest absolute Gasteiger partial charge is 0.490 e. The second-order valence-corrected chi connectivity index (χ2v) is 3.42. The van der Waals surface area contributed by atoms with Gasteiger partial charge in [-0.2, -0.15) is 0 Å². The topological polar surface area (TPSA) is 22.4 Å². The normalized spacial score (nSPS) is 20.1. The van der Waals surface area contributed by atoms with Gasteiger partial charge >= 0.3 is 0 Å². The highest BCUT2D eigenvalue weighted by Crippen LogP contribution is 2.31. The molecule has 2 heteroatoms. The maximum absolute atomic E-state index is 5.69. The predicted octanol–water partition coefficient (Wildman–Crippen LogP) is 3.41. The minimum absolute atomic E-state index is 0.0717. The van der Waals surface area contributed by atoms with Crippen LogP contribution in [0.5, 0.6) is 0 Å². The second-order valence-electron chi connectivity index (χ2n) is 3.42. The van der Waals surface area contributed by atoms with Crippen molar-refractivity contribution in [2.45, 2.75) is 12.5 Å². The molecule has 1 aliphatic heterocycles. The van der Waals surface area contributed by atoms with E-state index in [4.69, 9.17) is 9.15 Å². The van der Waals surface area contributed by atoms with Crippen molar-refractivity contribution in [1.82, 2.24) is 0 Å². The van der Waals surface area contributed by atoms with Gasteiger partial charge in [-0.15, -0.1) is 0 Å². The molecule has 0 fully saturated rings. The molecule has 1 unspecified atom stereocenters. The standard InChI is InChI=1S/C12H10O2/c1-2-5-10-9(4-1)8-12(14-10)11-6-3-7-13-11/h1-5,7-8,11H,6H2.